The van der Waals surface area contributed by atoms with Gasteiger partial charge in [0.15, 0.2) is 0 Å². The molecule has 2 rings (SSSR count). The van der Waals surface area contributed by atoms with Crippen molar-refractivity contribution in [3.05, 3.63) is 45.4 Å². The van der Waals surface area contributed by atoms with Gasteiger partial charge in [-0.25, -0.2) is 4.98 Å². The van der Waals surface area contributed by atoms with Gasteiger partial charge in [0.1, 0.15) is 15.1 Å². The van der Waals surface area contributed by atoms with E-state index in [2.05, 4.69) is 23.3 Å². The van der Waals surface area contributed by atoms with E-state index >= 15 is 0 Å². The van der Waals surface area contributed by atoms with Crippen LogP contribution in [0.2, 0.25) is 4.34 Å². The zero-order valence-electron chi connectivity index (χ0n) is 10.3. The molecule has 0 amide bonds. The maximum Gasteiger partial charge on any atom is 0.119 e. The summed E-state index contributed by atoms with van der Waals surface area (Å²) in [6.07, 6.45) is 1.68. The molecule has 0 saturated heterocycles. The minimum absolute atomic E-state index is 0.239. The number of rotatable bonds is 5. The quantitative estimate of drug-likeness (QED) is 0.909. The van der Waals surface area contributed by atoms with Gasteiger partial charge >= 0.3 is 0 Å². The van der Waals surface area contributed by atoms with Gasteiger partial charge < -0.3 is 10.1 Å². The molecule has 0 aliphatic heterocycles. The van der Waals surface area contributed by atoms with Crippen LogP contribution in [0.4, 0.5) is 0 Å². The molecule has 3 nitrogen and oxygen atoms in total. The van der Waals surface area contributed by atoms with Gasteiger partial charge in [0.25, 0.3) is 0 Å². The summed E-state index contributed by atoms with van der Waals surface area (Å²) in [7, 11) is 1.68. The number of nitrogens with one attached hydrogen (secondary N) is 1. The van der Waals surface area contributed by atoms with E-state index < -0.39 is 0 Å². The standard InChI is InChI=1S/C13H15ClN2OS/c1-9(10-4-3-5-11(6-10)17-2)15-8-13-16-7-12(14)18-13/h3-7,9,15H,8H2,1-2H3/t9-/m0/s1. The van der Waals surface area contributed by atoms with Crippen molar-refractivity contribution in [1.29, 1.82) is 0 Å². The van der Waals surface area contributed by atoms with Crippen LogP contribution in [0.15, 0.2) is 30.5 Å². The molecule has 0 radical (unpaired) electrons. The van der Waals surface area contributed by atoms with Crippen LogP contribution in [0.5, 0.6) is 5.75 Å². The topological polar surface area (TPSA) is 34.1 Å². The van der Waals surface area contributed by atoms with E-state index in [9.17, 15) is 0 Å². The molecule has 1 N–H and O–H groups in total. The molecule has 18 heavy (non-hydrogen) atoms. The van der Waals surface area contributed by atoms with Crippen molar-refractivity contribution in [2.24, 2.45) is 0 Å². The minimum atomic E-state index is 0.239. The van der Waals surface area contributed by atoms with Crippen molar-refractivity contribution in [2.45, 2.75) is 19.5 Å². The SMILES string of the molecule is COc1cccc([C@H](C)NCc2ncc(Cl)s2)c1. The third-order valence-corrected chi connectivity index (χ3v) is 3.79. The molecule has 1 aromatic carbocycles. The lowest BCUT2D eigenvalue weighted by atomic mass is 10.1. The maximum atomic E-state index is 5.84. The van der Waals surface area contributed by atoms with Gasteiger partial charge in [-0.2, -0.15) is 0 Å². The number of thiazole rings is 1. The fraction of sp³-hybridized carbons (Fsp3) is 0.308. The molecule has 2 aromatic rings. The monoisotopic (exact) mass is 282 g/mol. The lowest BCUT2D eigenvalue weighted by Crippen LogP contribution is -2.17. The average molecular weight is 283 g/mol. The second kappa shape index (κ2) is 6.18. The Bertz CT molecular complexity index is 515. The van der Waals surface area contributed by atoms with Crippen molar-refractivity contribution < 1.29 is 4.74 Å². The predicted molar refractivity (Wildman–Crippen MR) is 75.4 cm³/mol. The summed E-state index contributed by atoms with van der Waals surface area (Å²) in [4.78, 5) is 4.21. The molecule has 96 valence electrons. The highest BCUT2D eigenvalue weighted by Crippen LogP contribution is 2.21. The smallest absolute Gasteiger partial charge is 0.119 e. The lowest BCUT2D eigenvalue weighted by Gasteiger charge is -2.14. The van der Waals surface area contributed by atoms with E-state index in [4.69, 9.17) is 16.3 Å². The number of hydrogen-bond acceptors (Lipinski definition) is 4. The normalized spacial score (nSPS) is 12.4. The second-order valence-corrected chi connectivity index (χ2v) is 5.68. The third-order valence-electron chi connectivity index (χ3n) is 2.68. The summed E-state index contributed by atoms with van der Waals surface area (Å²) < 4.78 is 5.94. The van der Waals surface area contributed by atoms with Crippen molar-refractivity contribution >= 4 is 22.9 Å². The summed E-state index contributed by atoms with van der Waals surface area (Å²) in [6.45, 7) is 2.83. The molecule has 1 atom stereocenters. The molecule has 0 fully saturated rings. The summed E-state index contributed by atoms with van der Waals surface area (Å²) in [5.41, 5.74) is 1.19. The first kappa shape index (κ1) is 13.3. The molecule has 0 aliphatic carbocycles. The first-order valence-corrected chi connectivity index (χ1v) is 6.86. The van der Waals surface area contributed by atoms with Crippen molar-refractivity contribution in [3.8, 4) is 5.75 Å². The van der Waals surface area contributed by atoms with Crippen LogP contribution in [-0.2, 0) is 6.54 Å². The Labute approximate surface area is 116 Å². The van der Waals surface area contributed by atoms with Crippen molar-refractivity contribution in [1.82, 2.24) is 10.3 Å². The molecule has 5 heteroatoms. The Morgan fingerprint density at radius 2 is 2.33 bits per heavy atom. The molecule has 0 saturated carbocycles. The summed E-state index contributed by atoms with van der Waals surface area (Å²) in [5.74, 6) is 0.874. The average Bonchev–Trinajstić information content (AvgIpc) is 2.82. The van der Waals surface area contributed by atoms with Crippen molar-refractivity contribution in [2.75, 3.05) is 7.11 Å². The van der Waals surface area contributed by atoms with Crippen LogP contribution in [-0.4, -0.2) is 12.1 Å². The van der Waals surface area contributed by atoms with Gasteiger partial charge in [-0.15, -0.1) is 11.3 Å². The molecule has 0 aliphatic rings. The van der Waals surface area contributed by atoms with Crippen LogP contribution >= 0.6 is 22.9 Å². The molecule has 1 aromatic heterocycles. The molecule has 0 spiro atoms. The highest BCUT2D eigenvalue weighted by molar-refractivity contribution is 7.15. The fourth-order valence-electron chi connectivity index (χ4n) is 1.64. The first-order chi connectivity index (χ1) is 8.69. The zero-order valence-corrected chi connectivity index (χ0v) is 11.9. The molecule has 0 bridgehead atoms. The highest BCUT2D eigenvalue weighted by Gasteiger charge is 2.07. The fourth-order valence-corrected chi connectivity index (χ4v) is 2.55. The van der Waals surface area contributed by atoms with E-state index in [0.29, 0.717) is 0 Å². The van der Waals surface area contributed by atoms with Gasteiger partial charge in [-0.05, 0) is 24.6 Å². The van der Waals surface area contributed by atoms with Crippen molar-refractivity contribution in [3.63, 3.8) is 0 Å². The largest absolute Gasteiger partial charge is 0.497 e. The Balaban J connectivity index is 1.96. The molecule has 0 unspecified atom stereocenters. The first-order valence-electron chi connectivity index (χ1n) is 5.66. The van der Waals surface area contributed by atoms with Gasteiger partial charge in [0.05, 0.1) is 13.3 Å². The van der Waals surface area contributed by atoms with E-state index in [1.54, 1.807) is 13.3 Å². The number of halogens is 1. The minimum Gasteiger partial charge on any atom is -0.497 e. The number of methoxy groups -OCH3 is 1. The van der Waals surface area contributed by atoms with Gasteiger partial charge in [0.2, 0.25) is 0 Å². The van der Waals surface area contributed by atoms with E-state index in [1.165, 1.54) is 16.9 Å². The zero-order chi connectivity index (χ0) is 13.0. The summed E-state index contributed by atoms with van der Waals surface area (Å²) >= 11 is 7.34. The molecular formula is C13H15ClN2OS. The lowest BCUT2D eigenvalue weighted by molar-refractivity contribution is 0.413. The van der Waals surface area contributed by atoms with Gasteiger partial charge in [0, 0.05) is 12.6 Å². The van der Waals surface area contributed by atoms with E-state index in [-0.39, 0.29) is 6.04 Å². The molecular weight excluding hydrogens is 268 g/mol. The number of aromatic nitrogens is 1. The van der Waals surface area contributed by atoms with Gasteiger partial charge in [-0.1, -0.05) is 23.7 Å². The van der Waals surface area contributed by atoms with Gasteiger partial charge in [-0.3, -0.25) is 0 Å². The Morgan fingerprint density at radius 3 is 3.00 bits per heavy atom. The Kier molecular flexibility index (Phi) is 4.58. The van der Waals surface area contributed by atoms with Crippen LogP contribution in [0, 0.1) is 0 Å². The predicted octanol–water partition coefficient (Wildman–Crippen LogP) is 3.66. The summed E-state index contributed by atoms with van der Waals surface area (Å²) in [6, 6.07) is 8.29. The van der Waals surface area contributed by atoms with E-state index in [0.717, 1.165) is 21.6 Å². The Morgan fingerprint density at radius 1 is 1.50 bits per heavy atom. The number of hydrogen-bond donors (Lipinski definition) is 1. The van der Waals surface area contributed by atoms with Crippen LogP contribution in [0.1, 0.15) is 23.5 Å². The summed E-state index contributed by atoms with van der Waals surface area (Å²) in [5, 5.41) is 4.41. The third kappa shape index (κ3) is 3.45. The highest BCUT2D eigenvalue weighted by atomic mass is 35.5. The maximum absolute atomic E-state index is 5.84. The number of ether oxygens (including phenoxy) is 1. The van der Waals surface area contributed by atoms with Crippen LogP contribution in [0.3, 0.4) is 0 Å². The van der Waals surface area contributed by atoms with E-state index in [1.807, 2.05) is 18.2 Å². The van der Waals surface area contributed by atoms with Crippen LogP contribution < -0.4 is 10.1 Å². The Hall–Kier alpha value is -1.10. The van der Waals surface area contributed by atoms with Crippen LogP contribution in [0.25, 0.3) is 0 Å². The second-order valence-electron chi connectivity index (χ2n) is 3.94. The number of nitrogens with zero attached hydrogens (tertiary/aromatic N) is 1. The molecule has 1 heterocycles. The number of benzene rings is 1.